The topological polar surface area (TPSA) is 99.1 Å². The third-order valence-electron chi connectivity index (χ3n) is 29.1. The molecule has 0 fully saturated rings. The zero-order valence-corrected chi connectivity index (χ0v) is 85.2. The smallest absolute Gasteiger partial charge is 0.339 e. The van der Waals surface area contributed by atoms with Crippen LogP contribution in [0.4, 0.5) is 0 Å². The van der Waals surface area contributed by atoms with Crippen molar-refractivity contribution in [2.75, 3.05) is 0 Å². The lowest BCUT2D eigenvalue weighted by atomic mass is 9.73. The third kappa shape index (κ3) is 66.4. The molecule has 3 atom stereocenters. The first-order valence-corrected chi connectivity index (χ1v) is 56.6. The Balaban J connectivity index is 9.73. The van der Waals surface area contributed by atoms with E-state index in [2.05, 4.69) is 83.1 Å². The average Bonchev–Trinajstić information content (AvgIpc) is 0.783. The maximum atomic E-state index is 17.3. The Morgan fingerprint density at radius 2 is 0.306 bits per heavy atom. The molecule has 0 heterocycles. The van der Waals surface area contributed by atoms with Crippen molar-refractivity contribution in [3.8, 4) is 0 Å². The molecule has 0 aliphatic heterocycles. The fourth-order valence-corrected chi connectivity index (χ4v) is 21.0. The van der Waals surface area contributed by atoms with Gasteiger partial charge in [-0.25, -0.2) is 4.79 Å². The molecule has 121 heavy (non-hydrogen) atoms. The fraction of sp³-hybridized carbons (Fsp3) is 0.974. The number of unbranched alkanes of at least 4 members (excludes halogenated alkanes) is 66. The predicted octanol–water partition coefficient (Wildman–Crippen LogP) is 39.5. The molecule has 3 unspecified atom stereocenters. The lowest BCUT2D eigenvalue weighted by Crippen LogP contribution is -2.53. The first-order valence-electron chi connectivity index (χ1n) is 56.6. The van der Waals surface area contributed by atoms with Gasteiger partial charge in [0.1, 0.15) is 16.8 Å². The van der Waals surface area contributed by atoms with E-state index in [0.717, 1.165) is 205 Å². The minimum atomic E-state index is -2.51. The number of carbonyl (C=O) groups excluding carboxylic acids is 3. The van der Waals surface area contributed by atoms with Gasteiger partial charge in [-0.2, -0.15) is 0 Å². The molecule has 0 radical (unpaired) electrons. The van der Waals surface area contributed by atoms with Gasteiger partial charge in [0.05, 0.1) is 12.8 Å². The number of carbonyl (C=O) groups is 3. The summed E-state index contributed by atoms with van der Waals surface area (Å²) in [5, 5.41) is 14.8. The van der Waals surface area contributed by atoms with E-state index in [9.17, 15) is 5.11 Å². The van der Waals surface area contributed by atoms with E-state index < -0.39 is 53.2 Å². The Kier molecular flexibility index (Phi) is 87.8. The summed E-state index contributed by atoms with van der Waals surface area (Å²) >= 11 is 0. The van der Waals surface area contributed by atoms with Crippen molar-refractivity contribution in [1.29, 1.82) is 0 Å². The highest BCUT2D eigenvalue weighted by Gasteiger charge is 2.52. The largest absolute Gasteiger partial charge is 0.459 e. The van der Waals surface area contributed by atoms with Gasteiger partial charge < -0.3 is 19.3 Å². The molecule has 7 heteroatoms. The quantitative estimate of drug-likeness (QED) is 0.0368. The van der Waals surface area contributed by atoms with Crippen LogP contribution in [0.25, 0.3) is 0 Å². The van der Waals surface area contributed by atoms with Crippen LogP contribution in [-0.4, -0.2) is 45.4 Å². The van der Waals surface area contributed by atoms with Crippen LogP contribution in [0.15, 0.2) is 0 Å². The van der Waals surface area contributed by atoms with Crippen LogP contribution in [0.5, 0.6) is 0 Å². The van der Waals surface area contributed by atoms with Crippen molar-refractivity contribution in [1.82, 2.24) is 0 Å². The second-order valence-corrected chi connectivity index (χ2v) is 40.6. The molecule has 0 rings (SSSR count). The van der Waals surface area contributed by atoms with Crippen LogP contribution >= 0.6 is 0 Å². The van der Waals surface area contributed by atoms with Crippen molar-refractivity contribution in [2.45, 2.75) is 696 Å². The molecule has 0 amide bonds. The van der Waals surface area contributed by atoms with Crippen molar-refractivity contribution in [3.05, 3.63) is 0 Å². The normalized spacial score (nSPS) is 13.5. The Bertz CT molecular complexity index is 1970. The Hall–Kier alpha value is -1.63. The summed E-state index contributed by atoms with van der Waals surface area (Å²) in [7, 11) is 0. The first-order chi connectivity index (χ1) is 59.3. The minimum Gasteiger partial charge on any atom is -0.459 e. The highest BCUT2D eigenvalue weighted by Crippen LogP contribution is 2.47. The molecule has 722 valence electrons. The molecule has 0 saturated heterocycles. The Morgan fingerprint density at radius 1 is 0.182 bits per heavy atom. The molecule has 0 saturated carbocycles. The summed E-state index contributed by atoms with van der Waals surface area (Å²) in [6.45, 7) is 27.8. The highest BCUT2D eigenvalue weighted by molar-refractivity contribution is 5.90. The van der Waals surface area contributed by atoms with Crippen LogP contribution in [0.2, 0.25) is 0 Å². The van der Waals surface area contributed by atoms with Gasteiger partial charge in [0.15, 0.2) is 5.60 Å². The molecular weight excluding hydrogens is 1480 g/mol. The summed E-state index contributed by atoms with van der Waals surface area (Å²) in [5.74, 6) is -1.34. The standard InChI is InChI=1S/C114H224O7/c1-13-25-37-49-61-64-70-82-93-105(91-79-67-52-40-28-16-4)112(97-85-73-55-43-31-19-7,98-86-74-56-44-32-20-8)119-108(115)103-111(118,110(117)121-114(101-89-77-59-47-35-23-11,102-90-78-60-48-36-24-12)107(95-81-69-54-42-30-18-6)96-84-72-66-63-51-39-27-15-3)104-109(116)120-113(99-87-75-57-45-33-21-9,100-88-76-58-46-34-22-10)106(92-80-68-53-41-29-17-5)94-83-71-65-62-50-38-26-14-2/h105-107,118H,13-104H2,1-12H3. The SMILES string of the molecule is CCCCCCCCCCC(CCCCCCCC)C(CCCCCCCC)(CCCCCCCC)OC(=O)CC(O)(CC(=O)OC(CCCCCCCC)(CCCCCCCC)C(CCCCCCCC)CCCCCCCCCC)C(=O)OC(CCCCCCCC)(CCCCCCCC)C(CCCCCCCC)CCCCCCCCCC. The van der Waals surface area contributed by atoms with Crippen LogP contribution in [0.3, 0.4) is 0 Å². The maximum absolute atomic E-state index is 17.3. The number of ether oxygens (including phenoxy) is 3. The van der Waals surface area contributed by atoms with Gasteiger partial charge in [-0.1, -0.05) is 545 Å². The van der Waals surface area contributed by atoms with E-state index in [4.69, 9.17) is 14.2 Å². The Morgan fingerprint density at radius 3 is 0.455 bits per heavy atom. The summed E-state index contributed by atoms with van der Waals surface area (Å²) < 4.78 is 23.3. The van der Waals surface area contributed by atoms with Gasteiger partial charge in [0.2, 0.25) is 0 Å². The van der Waals surface area contributed by atoms with Gasteiger partial charge in [-0.05, 0) is 133 Å². The summed E-state index contributed by atoms with van der Waals surface area (Å²) in [5.41, 5.74) is -4.90. The van der Waals surface area contributed by atoms with Gasteiger partial charge in [0.25, 0.3) is 0 Å². The lowest BCUT2D eigenvalue weighted by molar-refractivity contribution is -0.204. The number of rotatable bonds is 101. The summed E-state index contributed by atoms with van der Waals surface area (Å²) in [6, 6.07) is 0. The number of aliphatic hydroxyl groups is 1. The van der Waals surface area contributed by atoms with Crippen LogP contribution in [0, 0.1) is 17.8 Å². The van der Waals surface area contributed by atoms with E-state index in [-0.39, 0.29) is 17.8 Å². The van der Waals surface area contributed by atoms with Crippen molar-refractivity contribution in [3.63, 3.8) is 0 Å². The summed E-state index contributed by atoms with van der Waals surface area (Å²) in [4.78, 5) is 50.9. The predicted molar refractivity (Wildman–Crippen MR) is 535 cm³/mol. The van der Waals surface area contributed by atoms with Gasteiger partial charge in [0, 0.05) is 0 Å². The van der Waals surface area contributed by atoms with E-state index in [1.165, 1.54) is 372 Å². The molecule has 0 aliphatic rings. The lowest BCUT2D eigenvalue weighted by Gasteiger charge is -2.44. The zero-order valence-electron chi connectivity index (χ0n) is 85.2. The first kappa shape index (κ1) is 119. The van der Waals surface area contributed by atoms with E-state index >= 15 is 14.4 Å². The molecular formula is C114H224O7. The molecule has 1 N–H and O–H groups in total. The second kappa shape index (κ2) is 89.0. The molecule has 0 aromatic carbocycles. The maximum Gasteiger partial charge on any atom is 0.339 e. The fourth-order valence-electron chi connectivity index (χ4n) is 21.0. The van der Waals surface area contributed by atoms with E-state index in [1.54, 1.807) is 0 Å². The van der Waals surface area contributed by atoms with Gasteiger partial charge in [-0.3, -0.25) is 9.59 Å². The second-order valence-electron chi connectivity index (χ2n) is 40.6. The zero-order chi connectivity index (χ0) is 88.6. The average molecular weight is 1710 g/mol. The van der Waals surface area contributed by atoms with E-state index in [0.29, 0.717) is 0 Å². The van der Waals surface area contributed by atoms with Gasteiger partial charge in [-0.15, -0.1) is 0 Å². The summed E-state index contributed by atoms with van der Waals surface area (Å²) in [6.07, 6.45) is 103. The number of hydrogen-bond acceptors (Lipinski definition) is 7. The number of esters is 3. The van der Waals surface area contributed by atoms with Crippen molar-refractivity contribution in [2.24, 2.45) is 17.8 Å². The molecule has 0 aromatic heterocycles. The monoisotopic (exact) mass is 1710 g/mol. The van der Waals surface area contributed by atoms with E-state index in [1.807, 2.05) is 0 Å². The molecule has 0 aromatic rings. The molecule has 0 bridgehead atoms. The van der Waals surface area contributed by atoms with Crippen molar-refractivity contribution >= 4 is 17.9 Å². The Labute approximate surface area is 761 Å². The third-order valence-corrected chi connectivity index (χ3v) is 29.1. The molecule has 0 aliphatic carbocycles. The van der Waals surface area contributed by atoms with Crippen LogP contribution in [0.1, 0.15) is 674 Å². The van der Waals surface area contributed by atoms with Crippen LogP contribution in [-0.2, 0) is 28.6 Å². The number of hydrogen-bond donors (Lipinski definition) is 1. The molecule has 7 nitrogen and oxygen atoms in total. The van der Waals surface area contributed by atoms with Crippen LogP contribution < -0.4 is 0 Å². The van der Waals surface area contributed by atoms with Crippen molar-refractivity contribution < 1.29 is 33.7 Å². The molecule has 0 spiro atoms. The van der Waals surface area contributed by atoms with Gasteiger partial charge >= 0.3 is 17.9 Å². The highest BCUT2D eigenvalue weighted by atomic mass is 16.6. The minimum absolute atomic E-state index is 0.0971.